The topological polar surface area (TPSA) is 12.0 Å². The highest BCUT2D eigenvalue weighted by molar-refractivity contribution is 6.44. The molecule has 0 radical (unpaired) electrons. The summed E-state index contributed by atoms with van der Waals surface area (Å²) in [5, 5.41) is 4.69. The highest BCUT2D eigenvalue weighted by atomic mass is 35.5. The number of halogens is 3. The molecule has 19 heavy (non-hydrogen) atoms. The summed E-state index contributed by atoms with van der Waals surface area (Å²) in [6.07, 6.45) is 4.06. The zero-order valence-corrected chi connectivity index (χ0v) is 12.3. The Morgan fingerprint density at radius 2 is 1.58 bits per heavy atom. The van der Waals surface area contributed by atoms with Gasteiger partial charge in [0.25, 0.3) is 0 Å². The van der Waals surface area contributed by atoms with E-state index in [1.807, 2.05) is 42.5 Å². The third-order valence-electron chi connectivity index (χ3n) is 2.53. The predicted octanol–water partition coefficient (Wildman–Crippen LogP) is 5.77. The fourth-order valence-electron chi connectivity index (χ4n) is 1.59. The lowest BCUT2D eigenvalue weighted by Gasteiger charge is -2.07. The Bertz CT molecular complexity index is 579. The second kappa shape index (κ2) is 6.85. The highest BCUT2D eigenvalue weighted by Gasteiger charge is 2.04. The largest absolute Gasteiger partial charge is 0.380 e. The molecule has 2 rings (SSSR count). The van der Waals surface area contributed by atoms with E-state index in [1.165, 1.54) is 0 Å². The number of benzene rings is 2. The highest BCUT2D eigenvalue weighted by Crippen LogP contribution is 2.32. The first-order valence-electron chi connectivity index (χ1n) is 5.77. The van der Waals surface area contributed by atoms with Crippen LogP contribution in [0.3, 0.4) is 0 Å². The lowest BCUT2D eigenvalue weighted by molar-refractivity contribution is 1.34. The summed E-state index contributed by atoms with van der Waals surface area (Å²) in [4.78, 5) is 0. The number of hydrogen-bond donors (Lipinski definition) is 1. The maximum atomic E-state index is 6.07. The van der Waals surface area contributed by atoms with E-state index in [-0.39, 0.29) is 0 Å². The quantitative estimate of drug-likeness (QED) is 0.706. The Morgan fingerprint density at radius 1 is 0.895 bits per heavy atom. The molecule has 1 nitrogen and oxygen atoms in total. The van der Waals surface area contributed by atoms with Crippen molar-refractivity contribution in [3.05, 3.63) is 69.2 Å². The molecule has 0 bridgehead atoms. The molecule has 2 aromatic rings. The van der Waals surface area contributed by atoms with Gasteiger partial charge in [-0.25, -0.2) is 0 Å². The summed E-state index contributed by atoms with van der Waals surface area (Å²) in [5.74, 6) is 0. The Balaban J connectivity index is 1.96. The zero-order valence-electron chi connectivity index (χ0n) is 10.0. The maximum absolute atomic E-state index is 6.07. The first-order chi connectivity index (χ1) is 9.16. The van der Waals surface area contributed by atoms with Crippen molar-refractivity contribution in [1.29, 1.82) is 0 Å². The Labute approximate surface area is 127 Å². The van der Waals surface area contributed by atoms with Gasteiger partial charge >= 0.3 is 0 Å². The molecule has 98 valence electrons. The summed E-state index contributed by atoms with van der Waals surface area (Å²) in [6, 6.07) is 13.4. The van der Waals surface area contributed by atoms with Gasteiger partial charge in [0.2, 0.25) is 0 Å². The van der Waals surface area contributed by atoms with Crippen LogP contribution in [0.1, 0.15) is 5.56 Å². The summed E-state index contributed by atoms with van der Waals surface area (Å²) >= 11 is 17.9. The minimum Gasteiger partial charge on any atom is -0.380 e. The Hall–Kier alpha value is -1.15. The smallest absolute Gasteiger partial charge is 0.0653 e. The molecule has 0 fully saturated rings. The molecule has 0 aliphatic heterocycles. The van der Waals surface area contributed by atoms with Crippen molar-refractivity contribution in [3.63, 3.8) is 0 Å². The summed E-state index contributed by atoms with van der Waals surface area (Å²) in [7, 11) is 0. The fourth-order valence-corrected chi connectivity index (χ4v) is 2.20. The van der Waals surface area contributed by atoms with Gasteiger partial charge < -0.3 is 5.32 Å². The van der Waals surface area contributed by atoms with Crippen LogP contribution in [0.4, 0.5) is 5.69 Å². The van der Waals surface area contributed by atoms with E-state index in [1.54, 1.807) is 12.1 Å². The van der Waals surface area contributed by atoms with E-state index < -0.39 is 0 Å². The van der Waals surface area contributed by atoms with Gasteiger partial charge in [-0.15, -0.1) is 0 Å². The monoisotopic (exact) mass is 311 g/mol. The van der Waals surface area contributed by atoms with Crippen LogP contribution in [0, 0.1) is 0 Å². The van der Waals surface area contributed by atoms with Crippen molar-refractivity contribution in [2.45, 2.75) is 0 Å². The Kier molecular flexibility index (Phi) is 5.15. The second-order valence-corrected chi connectivity index (χ2v) is 5.16. The van der Waals surface area contributed by atoms with Crippen LogP contribution in [-0.4, -0.2) is 6.54 Å². The molecule has 0 aromatic heterocycles. The molecule has 2 aromatic carbocycles. The molecule has 0 saturated carbocycles. The lowest BCUT2D eigenvalue weighted by atomic mass is 10.2. The van der Waals surface area contributed by atoms with Crippen molar-refractivity contribution in [1.82, 2.24) is 0 Å². The lowest BCUT2D eigenvalue weighted by Crippen LogP contribution is -1.98. The van der Waals surface area contributed by atoms with Gasteiger partial charge in [-0.2, -0.15) is 0 Å². The minimum absolute atomic E-state index is 0.456. The number of hydrogen-bond acceptors (Lipinski definition) is 1. The molecular formula is C15H12Cl3N. The maximum Gasteiger partial charge on any atom is 0.0653 e. The molecule has 0 saturated heterocycles. The third kappa shape index (κ3) is 4.17. The van der Waals surface area contributed by atoms with Crippen molar-refractivity contribution in [2.24, 2.45) is 0 Å². The van der Waals surface area contributed by atoms with Crippen LogP contribution in [-0.2, 0) is 0 Å². The number of nitrogens with one attached hydrogen (secondary N) is 1. The van der Waals surface area contributed by atoms with Crippen molar-refractivity contribution >= 4 is 46.6 Å². The SMILES string of the molecule is Clc1cc(Cl)c(NCC=Cc2ccccc2)cc1Cl. The average Bonchev–Trinajstić information content (AvgIpc) is 2.41. The van der Waals surface area contributed by atoms with E-state index in [0.29, 0.717) is 21.6 Å². The van der Waals surface area contributed by atoms with E-state index >= 15 is 0 Å². The van der Waals surface area contributed by atoms with E-state index in [9.17, 15) is 0 Å². The van der Waals surface area contributed by atoms with Crippen LogP contribution in [0.2, 0.25) is 15.1 Å². The first-order valence-corrected chi connectivity index (χ1v) is 6.90. The summed E-state index contributed by atoms with van der Waals surface area (Å²) < 4.78 is 0. The molecular weight excluding hydrogens is 301 g/mol. The fraction of sp³-hybridized carbons (Fsp3) is 0.0667. The van der Waals surface area contributed by atoms with Gasteiger partial charge in [0.15, 0.2) is 0 Å². The molecule has 0 aliphatic rings. The summed E-state index contributed by atoms with van der Waals surface area (Å²) in [6.45, 7) is 0.659. The molecule has 0 atom stereocenters. The molecule has 0 unspecified atom stereocenters. The molecule has 4 heteroatoms. The van der Waals surface area contributed by atoms with Crippen molar-refractivity contribution in [2.75, 3.05) is 11.9 Å². The normalized spacial score (nSPS) is 10.9. The molecule has 0 heterocycles. The van der Waals surface area contributed by atoms with E-state index in [0.717, 1.165) is 11.3 Å². The average molecular weight is 313 g/mol. The molecule has 0 spiro atoms. The van der Waals surface area contributed by atoms with Gasteiger partial charge in [0, 0.05) is 6.54 Å². The van der Waals surface area contributed by atoms with Gasteiger partial charge in [0.1, 0.15) is 0 Å². The van der Waals surface area contributed by atoms with Crippen LogP contribution in [0.25, 0.3) is 6.08 Å². The second-order valence-electron chi connectivity index (χ2n) is 3.94. The van der Waals surface area contributed by atoms with Gasteiger partial charge in [-0.3, -0.25) is 0 Å². The molecule has 1 N–H and O–H groups in total. The Morgan fingerprint density at radius 3 is 2.32 bits per heavy atom. The molecule has 0 amide bonds. The summed E-state index contributed by atoms with van der Waals surface area (Å²) in [5.41, 5.74) is 1.93. The van der Waals surface area contributed by atoms with Gasteiger partial charge in [-0.05, 0) is 17.7 Å². The van der Waals surface area contributed by atoms with Crippen LogP contribution >= 0.6 is 34.8 Å². The van der Waals surface area contributed by atoms with Gasteiger partial charge in [0.05, 0.1) is 20.8 Å². The van der Waals surface area contributed by atoms with Crippen LogP contribution in [0.5, 0.6) is 0 Å². The standard InChI is InChI=1S/C15H12Cl3N/c16-12-9-14(18)15(10-13(12)17)19-8-4-7-11-5-2-1-3-6-11/h1-7,9-10,19H,8H2. The first kappa shape index (κ1) is 14.3. The van der Waals surface area contributed by atoms with Crippen LogP contribution < -0.4 is 5.32 Å². The van der Waals surface area contributed by atoms with Crippen LogP contribution in [0.15, 0.2) is 48.5 Å². The predicted molar refractivity (Wildman–Crippen MR) is 85.4 cm³/mol. The zero-order chi connectivity index (χ0) is 13.7. The number of rotatable bonds is 4. The minimum atomic E-state index is 0.456. The van der Waals surface area contributed by atoms with Crippen molar-refractivity contribution in [3.8, 4) is 0 Å². The number of anilines is 1. The van der Waals surface area contributed by atoms with Gasteiger partial charge in [-0.1, -0.05) is 77.3 Å². The van der Waals surface area contributed by atoms with E-state index in [4.69, 9.17) is 34.8 Å². The third-order valence-corrected chi connectivity index (χ3v) is 3.57. The van der Waals surface area contributed by atoms with E-state index in [2.05, 4.69) is 5.32 Å². The van der Waals surface area contributed by atoms with Crippen molar-refractivity contribution < 1.29 is 0 Å². The molecule has 0 aliphatic carbocycles.